The van der Waals surface area contributed by atoms with Crippen molar-refractivity contribution in [2.75, 3.05) is 0 Å². The zero-order valence-electron chi connectivity index (χ0n) is 17.9. The van der Waals surface area contributed by atoms with E-state index in [0.29, 0.717) is 0 Å². The number of rotatable bonds is 4. The summed E-state index contributed by atoms with van der Waals surface area (Å²) in [5.41, 5.74) is 14.1. The molecule has 0 saturated heterocycles. The summed E-state index contributed by atoms with van der Waals surface area (Å²) in [6, 6.07) is 31.1. The van der Waals surface area contributed by atoms with Crippen LogP contribution in [0.2, 0.25) is 0 Å². The van der Waals surface area contributed by atoms with Crippen LogP contribution in [0.25, 0.3) is 22.3 Å². The largest absolute Gasteiger partial charge is 0.368 e. The molecule has 0 aromatic heterocycles. The summed E-state index contributed by atoms with van der Waals surface area (Å²) in [7, 11) is 0. The van der Waals surface area contributed by atoms with Crippen LogP contribution in [0.5, 0.6) is 0 Å². The highest BCUT2D eigenvalue weighted by atomic mass is 16.2. The lowest BCUT2D eigenvalue weighted by Crippen LogP contribution is -2.49. The molecular weight excluding hydrogens is 408 g/mol. The topological polar surface area (TPSA) is 72.2 Å². The van der Waals surface area contributed by atoms with Crippen LogP contribution in [-0.2, 0) is 9.59 Å². The molecule has 160 valence electrons. The van der Waals surface area contributed by atoms with E-state index in [1.807, 2.05) is 84.9 Å². The number of amides is 2. The fourth-order valence-corrected chi connectivity index (χ4v) is 5.55. The Morgan fingerprint density at radius 2 is 0.970 bits per heavy atom. The first kappa shape index (κ1) is 19.5. The highest BCUT2D eigenvalue weighted by Crippen LogP contribution is 2.47. The van der Waals surface area contributed by atoms with Crippen molar-refractivity contribution in [2.24, 2.45) is 5.73 Å². The maximum absolute atomic E-state index is 13.7. The SMILES string of the molecule is NC(=O)[C@@H](NC(=O)C1c2ccccc2-c2ccccc21)C1c2ccccc2-c2ccccc21. The van der Waals surface area contributed by atoms with Crippen molar-refractivity contribution in [3.8, 4) is 22.3 Å². The normalized spacial score (nSPS) is 14.7. The second kappa shape index (κ2) is 7.45. The van der Waals surface area contributed by atoms with E-state index in [2.05, 4.69) is 17.4 Å². The molecule has 33 heavy (non-hydrogen) atoms. The molecule has 4 nitrogen and oxygen atoms in total. The molecule has 2 amide bonds. The van der Waals surface area contributed by atoms with Gasteiger partial charge in [0.25, 0.3) is 0 Å². The highest BCUT2D eigenvalue weighted by Gasteiger charge is 2.40. The van der Waals surface area contributed by atoms with E-state index in [1.54, 1.807) is 0 Å². The lowest BCUT2D eigenvalue weighted by atomic mass is 9.87. The molecule has 2 aliphatic rings. The van der Waals surface area contributed by atoms with Gasteiger partial charge in [-0.05, 0) is 44.5 Å². The van der Waals surface area contributed by atoms with Crippen molar-refractivity contribution in [3.05, 3.63) is 119 Å². The van der Waals surface area contributed by atoms with E-state index in [1.165, 1.54) is 0 Å². The third kappa shape index (κ3) is 2.91. The van der Waals surface area contributed by atoms with Gasteiger partial charge in [-0.15, -0.1) is 0 Å². The average Bonchev–Trinajstić information content (AvgIpc) is 3.36. The third-order valence-electron chi connectivity index (χ3n) is 6.92. The molecule has 4 aromatic carbocycles. The van der Waals surface area contributed by atoms with E-state index in [-0.39, 0.29) is 11.8 Å². The first-order valence-corrected chi connectivity index (χ1v) is 11.1. The summed E-state index contributed by atoms with van der Waals surface area (Å²) in [6.07, 6.45) is 0. The Morgan fingerprint density at radius 3 is 1.39 bits per heavy atom. The number of nitrogens with two attached hydrogens (primary N) is 1. The van der Waals surface area contributed by atoms with Crippen molar-refractivity contribution in [1.82, 2.24) is 5.32 Å². The summed E-state index contributed by atoms with van der Waals surface area (Å²) >= 11 is 0. The molecule has 6 rings (SSSR count). The molecule has 0 heterocycles. The minimum atomic E-state index is -0.859. The maximum atomic E-state index is 13.7. The number of hydrogen-bond donors (Lipinski definition) is 2. The molecule has 0 unspecified atom stereocenters. The van der Waals surface area contributed by atoms with Crippen LogP contribution in [-0.4, -0.2) is 17.9 Å². The predicted octanol–water partition coefficient (Wildman–Crippen LogP) is 4.58. The van der Waals surface area contributed by atoms with Gasteiger partial charge in [0.1, 0.15) is 6.04 Å². The maximum Gasteiger partial charge on any atom is 0.240 e. The predicted molar refractivity (Wildman–Crippen MR) is 129 cm³/mol. The van der Waals surface area contributed by atoms with Crippen LogP contribution in [0, 0.1) is 0 Å². The first-order chi connectivity index (χ1) is 16.1. The van der Waals surface area contributed by atoms with Crippen molar-refractivity contribution in [1.29, 1.82) is 0 Å². The standard InChI is InChI=1S/C29H22N2O2/c30-28(32)27(25-21-13-5-1-9-17(21)18-10-2-6-14-22(18)25)31-29(33)26-23-15-7-3-11-19(23)20-12-4-8-16-24(20)26/h1-16,25-27H,(H2,30,32)(H,31,33)/t27-/m0/s1. The smallest absolute Gasteiger partial charge is 0.240 e. The number of hydrogen-bond acceptors (Lipinski definition) is 2. The van der Waals surface area contributed by atoms with E-state index in [4.69, 9.17) is 5.73 Å². The summed E-state index contributed by atoms with van der Waals surface area (Å²) in [5, 5.41) is 3.05. The van der Waals surface area contributed by atoms with Gasteiger partial charge in [-0.2, -0.15) is 0 Å². The van der Waals surface area contributed by atoms with Gasteiger partial charge in [-0.25, -0.2) is 0 Å². The van der Waals surface area contributed by atoms with E-state index >= 15 is 0 Å². The van der Waals surface area contributed by atoms with Crippen molar-refractivity contribution < 1.29 is 9.59 Å². The Balaban J connectivity index is 1.42. The van der Waals surface area contributed by atoms with E-state index < -0.39 is 17.9 Å². The summed E-state index contributed by atoms with van der Waals surface area (Å²) < 4.78 is 0. The third-order valence-corrected chi connectivity index (χ3v) is 6.92. The number of fused-ring (bicyclic) bond motifs is 6. The van der Waals surface area contributed by atoms with Crippen molar-refractivity contribution >= 4 is 11.8 Å². The first-order valence-electron chi connectivity index (χ1n) is 11.1. The zero-order valence-corrected chi connectivity index (χ0v) is 17.9. The van der Waals surface area contributed by atoms with E-state index in [0.717, 1.165) is 44.5 Å². The second-order valence-corrected chi connectivity index (χ2v) is 8.65. The van der Waals surface area contributed by atoms with Crippen LogP contribution in [0.4, 0.5) is 0 Å². The molecule has 0 aliphatic heterocycles. The van der Waals surface area contributed by atoms with Gasteiger partial charge in [0.05, 0.1) is 5.92 Å². The van der Waals surface area contributed by atoms with Crippen LogP contribution in [0.15, 0.2) is 97.1 Å². The molecule has 2 aliphatic carbocycles. The Labute approximate surface area is 192 Å². The van der Waals surface area contributed by atoms with E-state index in [9.17, 15) is 9.59 Å². The minimum Gasteiger partial charge on any atom is -0.368 e. The molecule has 0 saturated carbocycles. The minimum absolute atomic E-state index is 0.210. The Bertz CT molecular complexity index is 1330. The van der Waals surface area contributed by atoms with Crippen LogP contribution >= 0.6 is 0 Å². The number of primary amides is 1. The fourth-order valence-electron chi connectivity index (χ4n) is 5.55. The van der Waals surface area contributed by atoms with Gasteiger partial charge in [-0.1, -0.05) is 97.1 Å². The van der Waals surface area contributed by atoms with Gasteiger partial charge in [0.15, 0.2) is 0 Å². The molecule has 0 fully saturated rings. The fraction of sp³-hybridized carbons (Fsp3) is 0.103. The number of nitrogens with one attached hydrogen (secondary N) is 1. The van der Waals surface area contributed by atoms with Gasteiger partial charge in [0, 0.05) is 5.92 Å². The molecular formula is C29H22N2O2. The summed E-state index contributed by atoms with van der Waals surface area (Å²) in [6.45, 7) is 0. The second-order valence-electron chi connectivity index (χ2n) is 8.65. The Morgan fingerprint density at radius 1 is 0.606 bits per heavy atom. The Kier molecular flexibility index (Phi) is 4.40. The number of benzene rings is 4. The Hall–Kier alpha value is -4.18. The summed E-state index contributed by atoms with van der Waals surface area (Å²) in [4.78, 5) is 26.5. The zero-order chi connectivity index (χ0) is 22.5. The molecule has 1 atom stereocenters. The molecule has 0 radical (unpaired) electrons. The van der Waals surface area contributed by atoms with Crippen LogP contribution in [0.3, 0.4) is 0 Å². The van der Waals surface area contributed by atoms with Gasteiger partial charge < -0.3 is 11.1 Å². The lowest BCUT2D eigenvalue weighted by molar-refractivity contribution is -0.128. The van der Waals surface area contributed by atoms with Crippen LogP contribution in [0.1, 0.15) is 34.1 Å². The van der Waals surface area contributed by atoms with Gasteiger partial charge >= 0.3 is 0 Å². The summed E-state index contributed by atoms with van der Waals surface area (Å²) in [5.74, 6) is -1.56. The quantitative estimate of drug-likeness (QED) is 0.497. The molecule has 4 aromatic rings. The number of carbonyl (C=O) groups excluding carboxylic acids is 2. The molecule has 3 N–H and O–H groups in total. The number of carbonyl (C=O) groups is 2. The van der Waals surface area contributed by atoms with Gasteiger partial charge in [-0.3, -0.25) is 9.59 Å². The molecule has 4 heteroatoms. The van der Waals surface area contributed by atoms with Crippen LogP contribution < -0.4 is 11.1 Å². The molecule has 0 spiro atoms. The van der Waals surface area contributed by atoms with Gasteiger partial charge in [0.2, 0.25) is 11.8 Å². The van der Waals surface area contributed by atoms with Crippen molar-refractivity contribution in [3.63, 3.8) is 0 Å². The molecule has 0 bridgehead atoms. The highest BCUT2D eigenvalue weighted by molar-refractivity contribution is 5.99. The lowest BCUT2D eigenvalue weighted by Gasteiger charge is -2.26. The van der Waals surface area contributed by atoms with Crippen molar-refractivity contribution in [2.45, 2.75) is 17.9 Å². The average molecular weight is 431 g/mol. The monoisotopic (exact) mass is 430 g/mol.